The molecule has 25 heavy (non-hydrogen) atoms. The first kappa shape index (κ1) is 16.3. The summed E-state index contributed by atoms with van der Waals surface area (Å²) >= 11 is 0. The van der Waals surface area contributed by atoms with Gasteiger partial charge in [0.2, 0.25) is 0 Å². The van der Waals surface area contributed by atoms with Crippen molar-refractivity contribution in [1.29, 1.82) is 0 Å². The van der Waals surface area contributed by atoms with E-state index in [1.165, 1.54) is 11.0 Å². The molecule has 0 saturated carbocycles. The molecule has 2 aromatic carbocycles. The van der Waals surface area contributed by atoms with Crippen LogP contribution in [0.1, 0.15) is 0 Å². The first-order chi connectivity index (χ1) is 12.1. The van der Waals surface area contributed by atoms with Gasteiger partial charge in [0, 0.05) is 10.5 Å². The Morgan fingerprint density at radius 3 is 2.72 bits per heavy atom. The summed E-state index contributed by atoms with van der Waals surface area (Å²) in [5.74, 6) is -0.487. The van der Waals surface area contributed by atoms with Crippen molar-refractivity contribution in [3.05, 3.63) is 70.1 Å². The van der Waals surface area contributed by atoms with Gasteiger partial charge in [0.1, 0.15) is 11.9 Å². The van der Waals surface area contributed by atoms with Crippen LogP contribution in [0.15, 0.2) is 47.6 Å². The Morgan fingerprint density at radius 1 is 1.32 bits per heavy atom. The van der Waals surface area contributed by atoms with E-state index in [9.17, 15) is 9.18 Å². The second-order valence-electron chi connectivity index (χ2n) is 5.35. The van der Waals surface area contributed by atoms with Crippen molar-refractivity contribution in [2.45, 2.75) is 6.10 Å². The minimum Gasteiger partial charge on any atom is -0.444 e. The van der Waals surface area contributed by atoms with E-state index in [-0.39, 0.29) is 13.1 Å². The Labute approximate surface area is 142 Å². The van der Waals surface area contributed by atoms with Crippen LogP contribution < -0.4 is 4.90 Å². The molecular weight excluding hydrogens is 325 g/mol. The number of carbonyl (C=O) groups is 1. The highest BCUT2D eigenvalue weighted by atomic mass is 19.1. The van der Waals surface area contributed by atoms with E-state index < -0.39 is 18.0 Å². The average Bonchev–Trinajstić information content (AvgIpc) is 3.00. The topological polar surface area (TPSA) is 82.7 Å². The number of nitrogens with zero attached hydrogens (tertiary/aromatic N) is 5. The number of anilines is 1. The fraction of sp³-hybridized carbons (Fsp3) is 0.176. The standard InChI is InChI=1S/C17H12FN5O2/c1-20-12-4-2-11(3-5-12)15-7-6-13(8-16(15)18)23-10-14(9-21-22-19)25-17(23)24/h2-8,14H,9-10H2/t14-/m0/s1. The summed E-state index contributed by atoms with van der Waals surface area (Å²) < 4.78 is 19.6. The van der Waals surface area contributed by atoms with Crippen LogP contribution >= 0.6 is 0 Å². The molecule has 7 nitrogen and oxygen atoms in total. The molecule has 124 valence electrons. The van der Waals surface area contributed by atoms with Crippen LogP contribution in [-0.2, 0) is 4.74 Å². The smallest absolute Gasteiger partial charge is 0.414 e. The number of rotatable bonds is 4. The molecule has 0 unspecified atom stereocenters. The molecule has 8 heteroatoms. The molecule has 0 radical (unpaired) electrons. The number of halogens is 1. The molecular formula is C17H12FN5O2. The van der Waals surface area contributed by atoms with Crippen LogP contribution in [0.2, 0.25) is 0 Å². The SMILES string of the molecule is [C-]#[N+]c1ccc(-c2ccc(N3C[C@H](CN=[N+]=[N-])OC3=O)cc2F)cc1. The quantitative estimate of drug-likeness (QED) is 0.351. The maximum absolute atomic E-state index is 14.5. The molecule has 2 aromatic rings. The van der Waals surface area contributed by atoms with Gasteiger partial charge >= 0.3 is 6.09 Å². The van der Waals surface area contributed by atoms with E-state index in [0.29, 0.717) is 22.5 Å². The molecule has 0 bridgehead atoms. The largest absolute Gasteiger partial charge is 0.444 e. The molecule has 1 amide bonds. The fourth-order valence-corrected chi connectivity index (χ4v) is 2.58. The van der Waals surface area contributed by atoms with Gasteiger partial charge in [-0.05, 0) is 29.3 Å². The van der Waals surface area contributed by atoms with Gasteiger partial charge in [0.15, 0.2) is 5.69 Å². The fourth-order valence-electron chi connectivity index (χ4n) is 2.58. The van der Waals surface area contributed by atoms with Crippen molar-refractivity contribution in [1.82, 2.24) is 0 Å². The van der Waals surface area contributed by atoms with Gasteiger partial charge in [-0.1, -0.05) is 29.4 Å². The van der Waals surface area contributed by atoms with Crippen molar-refractivity contribution >= 4 is 17.5 Å². The number of hydrogen-bond donors (Lipinski definition) is 0. The third-order valence-electron chi connectivity index (χ3n) is 3.79. The van der Waals surface area contributed by atoms with Crippen LogP contribution in [0, 0.1) is 12.4 Å². The summed E-state index contributed by atoms with van der Waals surface area (Å²) in [5.41, 5.74) is 10.2. The molecule has 1 heterocycles. The van der Waals surface area contributed by atoms with Gasteiger partial charge in [0.05, 0.1) is 25.3 Å². The lowest BCUT2D eigenvalue weighted by Crippen LogP contribution is -2.25. The highest BCUT2D eigenvalue weighted by Crippen LogP contribution is 2.30. The minimum absolute atomic E-state index is 0.0344. The molecule has 1 atom stereocenters. The summed E-state index contributed by atoms with van der Waals surface area (Å²) in [6, 6.07) is 11.0. The summed E-state index contributed by atoms with van der Waals surface area (Å²) in [7, 11) is 0. The number of hydrogen-bond acceptors (Lipinski definition) is 3. The second kappa shape index (κ2) is 6.91. The first-order valence-corrected chi connectivity index (χ1v) is 7.39. The van der Waals surface area contributed by atoms with E-state index in [4.69, 9.17) is 16.8 Å². The predicted octanol–water partition coefficient (Wildman–Crippen LogP) is 4.68. The van der Waals surface area contributed by atoms with Gasteiger partial charge in [-0.3, -0.25) is 4.90 Å². The average molecular weight is 337 g/mol. The van der Waals surface area contributed by atoms with Gasteiger partial charge in [0.25, 0.3) is 0 Å². The second-order valence-corrected chi connectivity index (χ2v) is 5.35. The van der Waals surface area contributed by atoms with E-state index in [0.717, 1.165) is 0 Å². The summed E-state index contributed by atoms with van der Waals surface area (Å²) in [5, 5.41) is 3.38. The third kappa shape index (κ3) is 3.37. The van der Waals surface area contributed by atoms with Gasteiger partial charge in [-0.2, -0.15) is 0 Å². The maximum Gasteiger partial charge on any atom is 0.414 e. The van der Waals surface area contributed by atoms with E-state index >= 15 is 0 Å². The molecule has 0 spiro atoms. The Hall–Kier alpha value is -3.56. The van der Waals surface area contributed by atoms with Crippen molar-refractivity contribution in [3.8, 4) is 11.1 Å². The molecule has 3 rings (SSSR count). The normalized spacial score (nSPS) is 16.1. The third-order valence-corrected chi connectivity index (χ3v) is 3.79. The lowest BCUT2D eigenvalue weighted by molar-refractivity contribution is 0.145. The van der Waals surface area contributed by atoms with Crippen molar-refractivity contribution < 1.29 is 13.9 Å². The van der Waals surface area contributed by atoms with Crippen molar-refractivity contribution in [2.24, 2.45) is 5.11 Å². The van der Waals surface area contributed by atoms with Crippen molar-refractivity contribution in [3.63, 3.8) is 0 Å². The predicted molar refractivity (Wildman–Crippen MR) is 89.7 cm³/mol. The molecule has 1 saturated heterocycles. The Morgan fingerprint density at radius 2 is 2.08 bits per heavy atom. The van der Waals surface area contributed by atoms with E-state index in [2.05, 4.69) is 14.9 Å². The highest BCUT2D eigenvalue weighted by molar-refractivity contribution is 5.90. The lowest BCUT2D eigenvalue weighted by Gasteiger charge is -2.14. The first-order valence-electron chi connectivity index (χ1n) is 7.39. The van der Waals surface area contributed by atoms with Gasteiger partial charge in [-0.25, -0.2) is 14.0 Å². The summed E-state index contributed by atoms with van der Waals surface area (Å²) in [4.78, 5) is 19.1. The molecule has 1 fully saturated rings. The molecule has 1 aliphatic heterocycles. The Bertz CT molecular complexity index is 900. The number of ether oxygens (including phenoxy) is 1. The summed E-state index contributed by atoms with van der Waals surface area (Å²) in [6.45, 7) is 7.16. The number of amides is 1. The highest BCUT2D eigenvalue weighted by Gasteiger charge is 2.32. The summed E-state index contributed by atoms with van der Waals surface area (Å²) in [6.07, 6.45) is -1.15. The van der Waals surface area contributed by atoms with Crippen LogP contribution in [-0.4, -0.2) is 25.3 Å². The van der Waals surface area contributed by atoms with Crippen LogP contribution in [0.4, 0.5) is 20.6 Å². The maximum atomic E-state index is 14.5. The van der Waals surface area contributed by atoms with Crippen LogP contribution in [0.25, 0.3) is 26.4 Å². The molecule has 0 aromatic heterocycles. The number of carbonyl (C=O) groups excluding carboxylic acids is 1. The zero-order chi connectivity index (χ0) is 17.8. The zero-order valence-corrected chi connectivity index (χ0v) is 13.0. The lowest BCUT2D eigenvalue weighted by atomic mass is 10.0. The van der Waals surface area contributed by atoms with Crippen LogP contribution in [0.3, 0.4) is 0 Å². The molecule has 0 N–H and O–H groups in total. The minimum atomic E-state index is -0.605. The monoisotopic (exact) mass is 337 g/mol. The molecule has 1 aliphatic rings. The Kier molecular flexibility index (Phi) is 4.50. The number of cyclic esters (lactones) is 1. The zero-order valence-electron chi connectivity index (χ0n) is 13.0. The number of benzene rings is 2. The Balaban J connectivity index is 1.83. The van der Waals surface area contributed by atoms with E-state index in [1.54, 1.807) is 36.4 Å². The number of azide groups is 1. The van der Waals surface area contributed by atoms with Crippen LogP contribution in [0.5, 0.6) is 0 Å². The van der Waals surface area contributed by atoms with E-state index in [1.807, 2.05) is 0 Å². The van der Waals surface area contributed by atoms with Gasteiger partial charge in [-0.15, -0.1) is 0 Å². The molecule has 0 aliphatic carbocycles. The van der Waals surface area contributed by atoms with Crippen molar-refractivity contribution in [2.75, 3.05) is 18.0 Å². The van der Waals surface area contributed by atoms with Gasteiger partial charge < -0.3 is 4.74 Å².